The molecular formula is C22H18ClFN4O3S. The SMILES string of the molecule is Cc1onc(-c2c(F)cccc2Cl)c1C(=O)Nc1ccc2nc(N3CCOCC3)sc2c1. The molecule has 0 saturated carbocycles. The van der Waals surface area contributed by atoms with Crippen LogP contribution in [0.15, 0.2) is 40.9 Å². The highest BCUT2D eigenvalue weighted by molar-refractivity contribution is 7.22. The summed E-state index contributed by atoms with van der Waals surface area (Å²) in [5.74, 6) is -0.776. The van der Waals surface area contributed by atoms with Gasteiger partial charge in [-0.15, -0.1) is 0 Å². The van der Waals surface area contributed by atoms with E-state index in [2.05, 4.69) is 20.4 Å². The standard InChI is InChI=1S/C22H18ClFN4O3S/c1-12-18(20(27-31-12)19-14(23)3-2-4-15(19)24)21(29)25-13-5-6-16-17(11-13)32-22(26-16)28-7-9-30-10-8-28/h2-6,11H,7-10H2,1H3,(H,25,29). The molecule has 4 aromatic rings. The van der Waals surface area contributed by atoms with Crippen LogP contribution in [0, 0.1) is 12.7 Å². The van der Waals surface area contributed by atoms with Gasteiger partial charge in [0, 0.05) is 18.8 Å². The fourth-order valence-electron chi connectivity index (χ4n) is 3.61. The molecule has 2 aromatic carbocycles. The highest BCUT2D eigenvalue weighted by Gasteiger charge is 2.25. The van der Waals surface area contributed by atoms with Crippen LogP contribution in [0.4, 0.5) is 15.2 Å². The van der Waals surface area contributed by atoms with Crippen LogP contribution in [0.3, 0.4) is 0 Å². The Morgan fingerprint density at radius 2 is 2.06 bits per heavy atom. The van der Waals surface area contributed by atoms with E-state index in [1.165, 1.54) is 18.2 Å². The van der Waals surface area contributed by atoms with Gasteiger partial charge >= 0.3 is 0 Å². The largest absolute Gasteiger partial charge is 0.378 e. The number of halogens is 2. The number of morpholine rings is 1. The average molecular weight is 473 g/mol. The normalized spacial score (nSPS) is 14.2. The maximum atomic E-state index is 14.4. The fraction of sp³-hybridized carbons (Fsp3) is 0.227. The van der Waals surface area contributed by atoms with Crippen molar-refractivity contribution < 1.29 is 18.4 Å². The van der Waals surface area contributed by atoms with E-state index in [0.29, 0.717) is 18.9 Å². The van der Waals surface area contributed by atoms with Gasteiger partial charge in [0.15, 0.2) is 5.13 Å². The van der Waals surface area contributed by atoms with Crippen LogP contribution in [0.5, 0.6) is 0 Å². The molecule has 0 aliphatic carbocycles. The maximum Gasteiger partial charge on any atom is 0.261 e. The van der Waals surface area contributed by atoms with Gasteiger partial charge in [-0.3, -0.25) is 4.79 Å². The number of hydrogen-bond acceptors (Lipinski definition) is 7. The minimum Gasteiger partial charge on any atom is -0.378 e. The Bertz CT molecular complexity index is 1300. The Morgan fingerprint density at radius 1 is 1.25 bits per heavy atom. The number of carbonyl (C=O) groups excluding carboxylic acids is 1. The zero-order valence-corrected chi connectivity index (χ0v) is 18.6. The van der Waals surface area contributed by atoms with Crippen LogP contribution in [0.1, 0.15) is 16.1 Å². The van der Waals surface area contributed by atoms with Crippen LogP contribution in [-0.4, -0.2) is 42.4 Å². The summed E-state index contributed by atoms with van der Waals surface area (Å²) in [6, 6.07) is 9.80. The van der Waals surface area contributed by atoms with Gasteiger partial charge in [-0.1, -0.05) is 34.2 Å². The Morgan fingerprint density at radius 3 is 2.84 bits per heavy atom. The minimum absolute atomic E-state index is 0.0317. The molecular weight excluding hydrogens is 455 g/mol. The highest BCUT2D eigenvalue weighted by Crippen LogP contribution is 2.35. The molecule has 1 aliphatic heterocycles. The number of thiazole rings is 1. The molecule has 5 rings (SSSR count). The fourth-order valence-corrected chi connectivity index (χ4v) is 4.92. The lowest BCUT2D eigenvalue weighted by molar-refractivity contribution is 0.102. The molecule has 3 heterocycles. The van der Waals surface area contributed by atoms with E-state index >= 15 is 0 Å². The van der Waals surface area contributed by atoms with E-state index in [1.54, 1.807) is 24.3 Å². The molecule has 1 amide bonds. The van der Waals surface area contributed by atoms with Gasteiger partial charge in [-0.05, 0) is 37.3 Å². The van der Waals surface area contributed by atoms with E-state index in [1.807, 2.05) is 12.1 Å². The van der Waals surface area contributed by atoms with Gasteiger partial charge in [-0.2, -0.15) is 0 Å². The molecule has 1 saturated heterocycles. The predicted molar refractivity (Wildman–Crippen MR) is 122 cm³/mol. The summed E-state index contributed by atoms with van der Waals surface area (Å²) in [6.45, 7) is 4.57. The number of aryl methyl sites for hydroxylation is 1. The van der Waals surface area contributed by atoms with Crippen LogP contribution in [0.2, 0.25) is 5.02 Å². The van der Waals surface area contributed by atoms with Gasteiger partial charge in [0.05, 0.1) is 34.0 Å². The second kappa shape index (κ2) is 8.50. The van der Waals surface area contributed by atoms with Crippen molar-refractivity contribution in [2.24, 2.45) is 0 Å². The van der Waals surface area contributed by atoms with Gasteiger partial charge in [0.25, 0.3) is 5.91 Å². The number of carbonyl (C=O) groups is 1. The zero-order valence-electron chi connectivity index (χ0n) is 17.0. The van der Waals surface area contributed by atoms with Gasteiger partial charge in [-0.25, -0.2) is 9.37 Å². The van der Waals surface area contributed by atoms with Crippen LogP contribution in [-0.2, 0) is 4.74 Å². The molecule has 0 bridgehead atoms. The summed E-state index contributed by atoms with van der Waals surface area (Å²) in [5, 5.41) is 7.82. The molecule has 2 aromatic heterocycles. The van der Waals surface area contributed by atoms with E-state index in [4.69, 9.17) is 20.9 Å². The average Bonchev–Trinajstić information content (AvgIpc) is 3.37. The van der Waals surface area contributed by atoms with Crippen molar-refractivity contribution in [3.63, 3.8) is 0 Å². The number of anilines is 2. The smallest absolute Gasteiger partial charge is 0.261 e. The number of nitrogens with one attached hydrogen (secondary N) is 1. The van der Waals surface area contributed by atoms with Crippen LogP contribution >= 0.6 is 22.9 Å². The second-order valence-corrected chi connectivity index (χ2v) is 8.71. The molecule has 0 unspecified atom stereocenters. The lowest BCUT2D eigenvalue weighted by Gasteiger charge is -2.25. The molecule has 0 radical (unpaired) electrons. The first-order valence-corrected chi connectivity index (χ1v) is 11.2. The number of benzene rings is 2. The van der Waals surface area contributed by atoms with E-state index in [9.17, 15) is 9.18 Å². The molecule has 164 valence electrons. The lowest BCUT2D eigenvalue weighted by Crippen LogP contribution is -2.36. The second-order valence-electron chi connectivity index (χ2n) is 7.29. The number of hydrogen-bond donors (Lipinski definition) is 1. The van der Waals surface area contributed by atoms with Gasteiger partial charge in [0.2, 0.25) is 0 Å². The first kappa shape index (κ1) is 20.9. The molecule has 32 heavy (non-hydrogen) atoms. The zero-order chi connectivity index (χ0) is 22.2. The summed E-state index contributed by atoms with van der Waals surface area (Å²) in [7, 11) is 0. The topological polar surface area (TPSA) is 80.5 Å². The Hall–Kier alpha value is -3.01. The molecule has 1 fully saturated rings. The van der Waals surface area contributed by atoms with Crippen molar-refractivity contribution in [3.05, 3.63) is 58.6 Å². The number of fused-ring (bicyclic) bond motifs is 1. The molecule has 10 heteroatoms. The first-order chi connectivity index (χ1) is 15.5. The van der Waals surface area contributed by atoms with Gasteiger partial charge in [0.1, 0.15) is 22.8 Å². The van der Waals surface area contributed by atoms with Crippen molar-refractivity contribution in [2.75, 3.05) is 36.5 Å². The molecule has 1 N–H and O–H groups in total. The monoisotopic (exact) mass is 472 g/mol. The maximum absolute atomic E-state index is 14.4. The Labute approximate surface area is 191 Å². The van der Waals surface area contributed by atoms with Crippen molar-refractivity contribution in [3.8, 4) is 11.3 Å². The Balaban J connectivity index is 1.44. The van der Waals surface area contributed by atoms with Crippen molar-refractivity contribution >= 4 is 49.9 Å². The third kappa shape index (κ3) is 3.83. The molecule has 0 spiro atoms. The third-order valence-electron chi connectivity index (χ3n) is 5.21. The predicted octanol–water partition coefficient (Wildman–Crippen LogP) is 5.14. The molecule has 7 nitrogen and oxygen atoms in total. The summed E-state index contributed by atoms with van der Waals surface area (Å²) < 4.78 is 26.0. The van der Waals surface area contributed by atoms with Crippen molar-refractivity contribution in [2.45, 2.75) is 6.92 Å². The summed E-state index contributed by atoms with van der Waals surface area (Å²) in [4.78, 5) is 20.0. The summed E-state index contributed by atoms with van der Waals surface area (Å²) >= 11 is 7.73. The number of ether oxygens (including phenoxy) is 1. The number of aromatic nitrogens is 2. The van der Waals surface area contributed by atoms with Crippen LogP contribution in [0.25, 0.3) is 21.5 Å². The van der Waals surface area contributed by atoms with Crippen molar-refractivity contribution in [1.82, 2.24) is 10.1 Å². The van der Waals surface area contributed by atoms with E-state index in [0.717, 1.165) is 28.4 Å². The van der Waals surface area contributed by atoms with Crippen LogP contribution < -0.4 is 10.2 Å². The number of nitrogens with zero attached hydrogens (tertiary/aromatic N) is 3. The van der Waals surface area contributed by atoms with E-state index < -0.39 is 11.7 Å². The van der Waals surface area contributed by atoms with Gasteiger partial charge < -0.3 is 19.5 Å². The minimum atomic E-state index is -0.582. The van der Waals surface area contributed by atoms with E-state index in [-0.39, 0.29) is 27.6 Å². The third-order valence-corrected chi connectivity index (χ3v) is 6.60. The van der Waals surface area contributed by atoms with Crippen molar-refractivity contribution in [1.29, 1.82) is 0 Å². The summed E-state index contributed by atoms with van der Waals surface area (Å²) in [5.41, 5.74) is 1.68. The lowest BCUT2D eigenvalue weighted by atomic mass is 10.0. The Kier molecular flexibility index (Phi) is 5.54. The number of amides is 1. The quantitative estimate of drug-likeness (QED) is 0.443. The molecule has 0 atom stereocenters. The number of rotatable bonds is 4. The first-order valence-electron chi connectivity index (χ1n) is 9.96. The molecule has 1 aliphatic rings. The summed E-state index contributed by atoms with van der Waals surface area (Å²) in [6.07, 6.45) is 0. The highest BCUT2D eigenvalue weighted by atomic mass is 35.5.